The molecule has 2 atom stereocenters. The van der Waals surface area contributed by atoms with Gasteiger partial charge in [-0.3, -0.25) is 0 Å². The van der Waals surface area contributed by atoms with E-state index in [1.807, 2.05) is 52.0 Å². The van der Waals surface area contributed by atoms with E-state index in [4.69, 9.17) is 8.83 Å². The van der Waals surface area contributed by atoms with E-state index >= 15 is 0 Å². The number of aryl methyl sites for hydroxylation is 2. The van der Waals surface area contributed by atoms with Gasteiger partial charge in [-0.1, -0.05) is 0 Å². The van der Waals surface area contributed by atoms with E-state index in [2.05, 4.69) is 10.6 Å². The SMILES string of the molecule is Cc1ccc([C@@H](C)NC(=O)N[C@H](C)c2ccc(C)o2)o1. The van der Waals surface area contributed by atoms with E-state index in [1.54, 1.807) is 0 Å². The first kappa shape index (κ1) is 14.2. The van der Waals surface area contributed by atoms with Crippen molar-refractivity contribution in [3.05, 3.63) is 47.3 Å². The van der Waals surface area contributed by atoms with E-state index in [9.17, 15) is 4.79 Å². The lowest BCUT2D eigenvalue weighted by atomic mass is 10.2. The summed E-state index contributed by atoms with van der Waals surface area (Å²) < 4.78 is 11.0. The minimum Gasteiger partial charge on any atom is -0.464 e. The summed E-state index contributed by atoms with van der Waals surface area (Å²) in [5, 5.41) is 5.66. The van der Waals surface area contributed by atoms with Gasteiger partial charge in [0.2, 0.25) is 0 Å². The summed E-state index contributed by atoms with van der Waals surface area (Å²) in [6.45, 7) is 7.49. The molecule has 0 aliphatic carbocycles. The van der Waals surface area contributed by atoms with E-state index in [-0.39, 0.29) is 18.1 Å². The summed E-state index contributed by atoms with van der Waals surface area (Å²) in [5.41, 5.74) is 0. The van der Waals surface area contributed by atoms with Crippen LogP contribution >= 0.6 is 0 Å². The molecule has 2 aromatic heterocycles. The lowest BCUT2D eigenvalue weighted by Crippen LogP contribution is -2.38. The highest BCUT2D eigenvalue weighted by atomic mass is 16.3. The molecule has 2 N–H and O–H groups in total. The molecule has 0 fully saturated rings. The largest absolute Gasteiger partial charge is 0.464 e. The van der Waals surface area contributed by atoms with E-state index in [0.717, 1.165) is 23.0 Å². The Kier molecular flexibility index (Phi) is 4.17. The van der Waals surface area contributed by atoms with Crippen molar-refractivity contribution in [2.45, 2.75) is 39.8 Å². The third-order valence-corrected chi connectivity index (χ3v) is 3.07. The van der Waals surface area contributed by atoms with Crippen molar-refractivity contribution in [3.63, 3.8) is 0 Å². The summed E-state index contributed by atoms with van der Waals surface area (Å²) >= 11 is 0. The van der Waals surface area contributed by atoms with E-state index in [0.29, 0.717) is 0 Å². The number of nitrogens with one attached hydrogen (secondary N) is 2. The van der Waals surface area contributed by atoms with Crippen LogP contribution in [0.25, 0.3) is 0 Å². The molecule has 0 saturated carbocycles. The van der Waals surface area contributed by atoms with Crippen molar-refractivity contribution < 1.29 is 13.6 Å². The first-order chi connectivity index (χ1) is 9.45. The van der Waals surface area contributed by atoms with Crippen LogP contribution in [0.5, 0.6) is 0 Å². The Morgan fingerprint density at radius 3 is 1.60 bits per heavy atom. The second kappa shape index (κ2) is 5.86. The smallest absolute Gasteiger partial charge is 0.315 e. The van der Waals surface area contributed by atoms with Gasteiger partial charge >= 0.3 is 6.03 Å². The zero-order valence-corrected chi connectivity index (χ0v) is 12.2. The van der Waals surface area contributed by atoms with Gasteiger partial charge in [0.25, 0.3) is 0 Å². The quantitative estimate of drug-likeness (QED) is 0.896. The van der Waals surface area contributed by atoms with Crippen LogP contribution < -0.4 is 10.6 Å². The number of hydrogen-bond acceptors (Lipinski definition) is 3. The minimum atomic E-state index is -0.256. The molecule has 0 saturated heterocycles. The Labute approximate surface area is 118 Å². The molecule has 0 aromatic carbocycles. The lowest BCUT2D eigenvalue weighted by Gasteiger charge is -2.15. The molecule has 2 aromatic rings. The normalized spacial score (nSPS) is 13.8. The topological polar surface area (TPSA) is 67.4 Å². The average molecular weight is 276 g/mol. The number of hydrogen-bond donors (Lipinski definition) is 2. The molecular formula is C15H20N2O3. The fourth-order valence-corrected chi connectivity index (χ4v) is 1.95. The van der Waals surface area contributed by atoms with Crippen molar-refractivity contribution >= 4 is 6.03 Å². The van der Waals surface area contributed by atoms with Gasteiger partial charge in [0.15, 0.2) is 0 Å². The van der Waals surface area contributed by atoms with E-state index < -0.39 is 0 Å². The Bertz CT molecular complexity index is 535. The first-order valence-electron chi connectivity index (χ1n) is 6.65. The maximum Gasteiger partial charge on any atom is 0.315 e. The van der Waals surface area contributed by atoms with Crippen molar-refractivity contribution in [2.75, 3.05) is 0 Å². The van der Waals surface area contributed by atoms with Crippen LogP contribution in [0.3, 0.4) is 0 Å². The lowest BCUT2D eigenvalue weighted by molar-refractivity contribution is 0.231. The maximum absolute atomic E-state index is 11.9. The van der Waals surface area contributed by atoms with Gasteiger partial charge in [0, 0.05) is 0 Å². The number of urea groups is 1. The number of amides is 2. The second-order valence-corrected chi connectivity index (χ2v) is 4.96. The number of carbonyl (C=O) groups excluding carboxylic acids is 1. The molecule has 5 heteroatoms. The maximum atomic E-state index is 11.9. The summed E-state index contributed by atoms with van der Waals surface area (Å²) in [6, 6.07) is 6.84. The molecule has 2 rings (SSSR count). The molecule has 2 heterocycles. The van der Waals surface area contributed by atoms with Crippen LogP contribution in [0, 0.1) is 13.8 Å². The zero-order valence-electron chi connectivity index (χ0n) is 12.2. The van der Waals surface area contributed by atoms with Gasteiger partial charge in [-0.25, -0.2) is 4.79 Å². The monoisotopic (exact) mass is 276 g/mol. The van der Waals surface area contributed by atoms with Gasteiger partial charge in [-0.2, -0.15) is 0 Å². The van der Waals surface area contributed by atoms with Gasteiger partial charge in [-0.05, 0) is 52.0 Å². The molecule has 0 spiro atoms. The van der Waals surface area contributed by atoms with Gasteiger partial charge in [-0.15, -0.1) is 0 Å². The Morgan fingerprint density at radius 1 is 0.900 bits per heavy atom. The van der Waals surface area contributed by atoms with Crippen molar-refractivity contribution in [1.82, 2.24) is 10.6 Å². The molecule has 0 aliphatic heterocycles. The third kappa shape index (κ3) is 3.44. The molecular weight excluding hydrogens is 256 g/mol. The van der Waals surface area contributed by atoms with E-state index in [1.165, 1.54) is 0 Å². The minimum absolute atomic E-state index is 0.186. The van der Waals surface area contributed by atoms with Crippen molar-refractivity contribution in [2.24, 2.45) is 0 Å². The Balaban J connectivity index is 1.89. The van der Waals surface area contributed by atoms with Gasteiger partial charge < -0.3 is 19.5 Å². The van der Waals surface area contributed by atoms with Crippen molar-refractivity contribution in [3.8, 4) is 0 Å². The third-order valence-electron chi connectivity index (χ3n) is 3.07. The Morgan fingerprint density at radius 2 is 1.30 bits per heavy atom. The summed E-state index contributed by atoms with van der Waals surface area (Å²) in [7, 11) is 0. The highest BCUT2D eigenvalue weighted by Gasteiger charge is 2.16. The summed E-state index contributed by atoms with van der Waals surface area (Å²) in [6.07, 6.45) is 0. The van der Waals surface area contributed by atoms with Crippen LogP contribution in [0.4, 0.5) is 4.79 Å². The van der Waals surface area contributed by atoms with Gasteiger partial charge in [0.05, 0.1) is 12.1 Å². The first-order valence-corrected chi connectivity index (χ1v) is 6.65. The molecule has 0 aliphatic rings. The van der Waals surface area contributed by atoms with Crippen LogP contribution in [0.2, 0.25) is 0 Å². The number of carbonyl (C=O) groups is 1. The van der Waals surface area contributed by atoms with Crippen LogP contribution in [-0.2, 0) is 0 Å². The molecule has 0 bridgehead atoms. The van der Waals surface area contributed by atoms with Crippen LogP contribution in [-0.4, -0.2) is 6.03 Å². The molecule has 5 nitrogen and oxygen atoms in total. The Hall–Kier alpha value is -2.17. The standard InChI is InChI=1S/C15H20N2O3/c1-9-5-7-13(19-9)11(3)16-15(18)17-12(4)14-8-6-10(2)20-14/h5-8,11-12H,1-4H3,(H2,16,17,18)/t11-,12-/m1/s1. The average Bonchev–Trinajstić information content (AvgIpc) is 2.97. The summed E-state index contributed by atoms with van der Waals surface area (Å²) in [5.74, 6) is 3.13. The molecule has 2 amide bonds. The predicted octanol–water partition coefficient (Wildman–Crippen LogP) is 3.61. The summed E-state index contributed by atoms with van der Waals surface area (Å²) in [4.78, 5) is 11.9. The zero-order chi connectivity index (χ0) is 14.7. The highest BCUT2D eigenvalue weighted by molar-refractivity contribution is 5.74. The molecule has 0 radical (unpaired) electrons. The fourth-order valence-electron chi connectivity index (χ4n) is 1.95. The van der Waals surface area contributed by atoms with Gasteiger partial charge in [0.1, 0.15) is 23.0 Å². The van der Waals surface area contributed by atoms with Crippen LogP contribution in [0.1, 0.15) is 49.0 Å². The molecule has 0 unspecified atom stereocenters. The number of rotatable bonds is 4. The highest BCUT2D eigenvalue weighted by Crippen LogP contribution is 2.17. The molecule has 108 valence electrons. The van der Waals surface area contributed by atoms with Crippen LogP contribution in [0.15, 0.2) is 33.1 Å². The van der Waals surface area contributed by atoms with Crippen molar-refractivity contribution in [1.29, 1.82) is 0 Å². The fraction of sp³-hybridized carbons (Fsp3) is 0.400. The molecule has 20 heavy (non-hydrogen) atoms. The number of furan rings is 2. The second-order valence-electron chi connectivity index (χ2n) is 4.96. The predicted molar refractivity (Wildman–Crippen MR) is 75.4 cm³/mol.